The number of rotatable bonds is 3. The third-order valence-electron chi connectivity index (χ3n) is 4.74. The zero-order valence-electron chi connectivity index (χ0n) is 13.1. The Bertz CT molecular complexity index is 847. The van der Waals surface area contributed by atoms with Gasteiger partial charge in [0.1, 0.15) is 6.04 Å². The van der Waals surface area contributed by atoms with Crippen LogP contribution in [0, 0.1) is 6.92 Å². The van der Waals surface area contributed by atoms with E-state index < -0.39 is 18.0 Å². The summed E-state index contributed by atoms with van der Waals surface area (Å²) in [6, 6.07) is 8.85. The van der Waals surface area contributed by atoms with Crippen LogP contribution in [-0.4, -0.2) is 33.7 Å². The van der Waals surface area contributed by atoms with Crippen LogP contribution in [0.4, 0.5) is 4.79 Å². The average molecular weight is 343 g/mol. The van der Waals surface area contributed by atoms with Crippen molar-refractivity contribution in [3.8, 4) is 10.4 Å². The van der Waals surface area contributed by atoms with Gasteiger partial charge in [0.2, 0.25) is 5.91 Å². The van der Waals surface area contributed by atoms with Gasteiger partial charge < -0.3 is 10.6 Å². The number of carbonyl (C=O) groups is 2. The maximum absolute atomic E-state index is 12.2. The van der Waals surface area contributed by atoms with Crippen molar-refractivity contribution >= 4 is 23.3 Å². The highest BCUT2D eigenvalue weighted by Crippen LogP contribution is 2.49. The number of primary amides is 1. The molecule has 24 heavy (non-hydrogen) atoms. The highest BCUT2D eigenvalue weighted by atomic mass is 32.1. The van der Waals surface area contributed by atoms with E-state index in [2.05, 4.69) is 6.07 Å². The van der Waals surface area contributed by atoms with Crippen molar-refractivity contribution in [3.63, 3.8) is 0 Å². The Hall–Kier alpha value is -2.38. The molecule has 0 aliphatic carbocycles. The first-order valence-corrected chi connectivity index (χ1v) is 8.55. The van der Waals surface area contributed by atoms with E-state index in [4.69, 9.17) is 5.73 Å². The zero-order valence-corrected chi connectivity index (χ0v) is 13.9. The van der Waals surface area contributed by atoms with Crippen molar-refractivity contribution in [3.05, 3.63) is 46.3 Å². The van der Waals surface area contributed by atoms with Crippen LogP contribution < -0.4 is 5.73 Å². The van der Waals surface area contributed by atoms with Gasteiger partial charge in [-0.3, -0.25) is 10.0 Å². The smallest absolute Gasteiger partial charge is 0.345 e. The van der Waals surface area contributed by atoms with Gasteiger partial charge in [0, 0.05) is 9.75 Å². The van der Waals surface area contributed by atoms with E-state index in [1.807, 2.05) is 31.2 Å². The number of amides is 3. The number of hydrogen-bond donors (Lipinski definition) is 2. The molecule has 2 bridgehead atoms. The molecule has 0 unspecified atom stereocenters. The Morgan fingerprint density at radius 3 is 2.88 bits per heavy atom. The molecule has 124 valence electrons. The summed E-state index contributed by atoms with van der Waals surface area (Å²) in [7, 11) is 0. The van der Waals surface area contributed by atoms with Gasteiger partial charge in [-0.15, -0.1) is 11.3 Å². The van der Waals surface area contributed by atoms with Gasteiger partial charge in [-0.1, -0.05) is 24.3 Å². The number of benzene rings is 1. The van der Waals surface area contributed by atoms with Gasteiger partial charge in [0.25, 0.3) is 0 Å². The molecular formula is C17H17N3O3S. The van der Waals surface area contributed by atoms with E-state index in [0.29, 0.717) is 6.54 Å². The summed E-state index contributed by atoms with van der Waals surface area (Å²) in [5.74, 6) is -0.459. The molecule has 0 spiro atoms. The second kappa shape index (κ2) is 5.32. The highest BCUT2D eigenvalue weighted by molar-refractivity contribution is 7.15. The van der Waals surface area contributed by atoms with Crippen LogP contribution in [0.15, 0.2) is 30.3 Å². The summed E-state index contributed by atoms with van der Waals surface area (Å²) in [4.78, 5) is 27.2. The average Bonchev–Trinajstić information content (AvgIpc) is 3.08. The molecule has 2 aliphatic heterocycles. The quantitative estimate of drug-likeness (QED) is 0.840. The van der Waals surface area contributed by atoms with E-state index >= 15 is 0 Å². The van der Waals surface area contributed by atoms with Gasteiger partial charge in [0.15, 0.2) is 0 Å². The van der Waals surface area contributed by atoms with Crippen LogP contribution >= 0.6 is 11.3 Å². The lowest BCUT2D eigenvalue weighted by Crippen LogP contribution is -2.35. The minimum Gasteiger partial charge on any atom is -0.370 e. The van der Waals surface area contributed by atoms with E-state index in [0.717, 1.165) is 31.5 Å². The lowest BCUT2D eigenvalue weighted by atomic mass is 9.96. The van der Waals surface area contributed by atoms with E-state index in [1.165, 1.54) is 4.90 Å². The molecule has 1 aromatic heterocycles. The molecule has 3 N–H and O–H groups in total. The fourth-order valence-corrected chi connectivity index (χ4v) is 4.98. The Balaban J connectivity index is 1.84. The van der Waals surface area contributed by atoms with Crippen LogP contribution in [0.1, 0.15) is 34.5 Å². The summed E-state index contributed by atoms with van der Waals surface area (Å²) in [5, 5.41) is 10.9. The van der Waals surface area contributed by atoms with Crippen molar-refractivity contribution < 1.29 is 14.8 Å². The Morgan fingerprint density at radius 2 is 2.17 bits per heavy atom. The number of carbonyl (C=O) groups excluding carboxylic acids is 2. The van der Waals surface area contributed by atoms with Crippen molar-refractivity contribution in [2.24, 2.45) is 5.73 Å². The number of nitrogens with zero attached hydrogens (tertiary/aromatic N) is 2. The molecule has 1 fully saturated rings. The first-order chi connectivity index (χ1) is 11.5. The SMILES string of the molecule is Cc1ccccc1-c1cc2c(s1)[C@@H](CC(N)=O)N1C[C@H]2N(O)C1=O. The molecule has 7 heteroatoms. The predicted octanol–water partition coefficient (Wildman–Crippen LogP) is 2.82. The van der Waals surface area contributed by atoms with E-state index in [9.17, 15) is 14.8 Å². The predicted molar refractivity (Wildman–Crippen MR) is 89.5 cm³/mol. The summed E-state index contributed by atoms with van der Waals surface area (Å²) in [6.45, 7) is 2.43. The first-order valence-electron chi connectivity index (χ1n) is 7.74. The van der Waals surface area contributed by atoms with Crippen LogP contribution in [0.2, 0.25) is 0 Å². The number of fused-ring (bicyclic) bond motifs is 4. The molecule has 3 heterocycles. The van der Waals surface area contributed by atoms with Gasteiger partial charge in [0.05, 0.1) is 19.0 Å². The monoisotopic (exact) mass is 343 g/mol. The topological polar surface area (TPSA) is 86.9 Å². The number of aryl methyl sites for hydroxylation is 1. The molecule has 4 rings (SSSR count). The number of hydroxylamine groups is 2. The lowest BCUT2D eigenvalue weighted by Gasteiger charge is -2.29. The Morgan fingerprint density at radius 1 is 1.42 bits per heavy atom. The van der Waals surface area contributed by atoms with Gasteiger partial charge >= 0.3 is 6.03 Å². The normalized spacial score (nSPS) is 22.0. The Kier molecular flexibility index (Phi) is 3.36. The summed E-state index contributed by atoms with van der Waals surface area (Å²) in [5.41, 5.74) is 8.57. The molecule has 1 aromatic carbocycles. The molecule has 2 aliphatic rings. The largest absolute Gasteiger partial charge is 0.370 e. The van der Waals surface area contributed by atoms with Crippen LogP contribution in [0.3, 0.4) is 0 Å². The Labute approximate surface area is 143 Å². The van der Waals surface area contributed by atoms with Crippen molar-refractivity contribution in [2.75, 3.05) is 6.54 Å². The second-order valence-electron chi connectivity index (χ2n) is 6.23. The standard InChI is InChI=1S/C17H17N3O3S/c1-9-4-2-3-5-10(9)14-6-11-13-8-19(17(22)20(13)23)12(7-15(18)21)16(11)24-14/h2-6,12-13,23H,7-8H2,1H3,(H2,18,21)/t12-,13-/m1/s1. The highest BCUT2D eigenvalue weighted by Gasteiger charge is 2.48. The third-order valence-corrected chi connectivity index (χ3v) is 6.03. The van der Waals surface area contributed by atoms with Crippen molar-refractivity contribution in [1.82, 2.24) is 9.96 Å². The second-order valence-corrected chi connectivity index (χ2v) is 7.31. The fraction of sp³-hybridized carbons (Fsp3) is 0.294. The lowest BCUT2D eigenvalue weighted by molar-refractivity contribution is -0.119. The minimum absolute atomic E-state index is 0.0625. The molecule has 2 atom stereocenters. The minimum atomic E-state index is -0.466. The van der Waals surface area contributed by atoms with Crippen molar-refractivity contribution in [2.45, 2.75) is 25.4 Å². The number of nitrogens with two attached hydrogens (primary N) is 1. The number of hydrogen-bond acceptors (Lipinski definition) is 4. The summed E-state index contributed by atoms with van der Waals surface area (Å²) in [6.07, 6.45) is 0.0625. The summed E-state index contributed by atoms with van der Waals surface area (Å²) >= 11 is 1.56. The van der Waals surface area contributed by atoms with E-state index in [-0.39, 0.29) is 12.5 Å². The van der Waals surface area contributed by atoms with Crippen molar-refractivity contribution in [1.29, 1.82) is 0 Å². The van der Waals surface area contributed by atoms with E-state index in [1.54, 1.807) is 11.3 Å². The molecule has 1 saturated heterocycles. The molecule has 3 amide bonds. The fourth-order valence-electron chi connectivity index (χ4n) is 3.55. The summed E-state index contributed by atoms with van der Waals surface area (Å²) < 4.78 is 0. The molecule has 2 aromatic rings. The maximum Gasteiger partial charge on any atom is 0.345 e. The van der Waals surface area contributed by atoms with Gasteiger partial charge in [-0.05, 0) is 29.7 Å². The number of urea groups is 1. The molecule has 6 nitrogen and oxygen atoms in total. The first kappa shape index (κ1) is 15.2. The van der Waals surface area contributed by atoms with Gasteiger partial charge in [-0.2, -0.15) is 5.06 Å². The third kappa shape index (κ3) is 2.12. The molecular weight excluding hydrogens is 326 g/mol. The number of thiophene rings is 1. The zero-order chi connectivity index (χ0) is 17.0. The van der Waals surface area contributed by atoms with Crippen LogP contribution in [0.25, 0.3) is 10.4 Å². The maximum atomic E-state index is 12.2. The molecule has 0 radical (unpaired) electrons. The van der Waals surface area contributed by atoms with Gasteiger partial charge in [-0.25, -0.2) is 4.79 Å². The molecule has 0 saturated carbocycles. The van der Waals surface area contributed by atoms with Crippen LogP contribution in [-0.2, 0) is 4.79 Å². The van der Waals surface area contributed by atoms with Crippen LogP contribution in [0.5, 0.6) is 0 Å².